The van der Waals surface area contributed by atoms with Gasteiger partial charge in [0.1, 0.15) is 11.8 Å². The number of H-pyrrole nitrogens is 1. The van der Waals surface area contributed by atoms with Gasteiger partial charge in [-0.15, -0.1) is 0 Å². The third-order valence-electron chi connectivity index (χ3n) is 7.13. The average Bonchev–Trinajstić information content (AvgIpc) is 3.23. The SMILES string of the molecule is C[C@@H]1CC(C)(c2ccc(NC(=O)c3ncc(C#N)[nH]3)c(C3=CCC(C)(C)CC3)c2)C[C@H](C)O1. The first kappa shape index (κ1) is 23.3. The van der Waals surface area contributed by atoms with E-state index >= 15 is 0 Å². The number of anilines is 1. The standard InChI is InChI=1S/C27H34N4O2/c1-17-13-27(5,14-18(2)33-17)20-6-7-23(31-25(32)24-29-16-21(15-28)30-24)22(12-20)19-8-10-26(3,4)11-9-19/h6-8,12,16-18H,9-11,13-14H2,1-5H3,(H,29,30)(H,31,32)/t17-,18+,27?. The molecule has 2 heterocycles. The van der Waals surface area contributed by atoms with Crippen LogP contribution in [0.25, 0.3) is 5.57 Å². The first-order valence-corrected chi connectivity index (χ1v) is 11.8. The van der Waals surface area contributed by atoms with E-state index < -0.39 is 0 Å². The normalized spacial score (nSPS) is 26.8. The number of hydrogen-bond donors (Lipinski definition) is 2. The minimum atomic E-state index is -0.346. The van der Waals surface area contributed by atoms with Gasteiger partial charge >= 0.3 is 0 Å². The molecular weight excluding hydrogens is 412 g/mol. The molecule has 6 heteroatoms. The summed E-state index contributed by atoms with van der Waals surface area (Å²) < 4.78 is 6.01. The maximum absolute atomic E-state index is 12.9. The van der Waals surface area contributed by atoms with Crippen LogP contribution in [0, 0.1) is 16.7 Å². The molecular formula is C27H34N4O2. The number of aromatic amines is 1. The molecule has 2 N–H and O–H groups in total. The molecule has 0 spiro atoms. The Morgan fingerprint density at radius 1 is 1.24 bits per heavy atom. The van der Waals surface area contributed by atoms with Crippen LogP contribution in [0.5, 0.6) is 0 Å². The molecule has 33 heavy (non-hydrogen) atoms. The maximum atomic E-state index is 12.9. The van der Waals surface area contributed by atoms with Crippen LogP contribution in [0.3, 0.4) is 0 Å². The number of aromatic nitrogens is 2. The van der Waals surface area contributed by atoms with E-state index in [0.29, 0.717) is 5.41 Å². The van der Waals surface area contributed by atoms with Crippen molar-refractivity contribution >= 4 is 17.2 Å². The molecule has 1 saturated heterocycles. The Labute approximate surface area is 196 Å². The topological polar surface area (TPSA) is 90.8 Å². The van der Waals surface area contributed by atoms with E-state index in [1.165, 1.54) is 17.3 Å². The number of nitrogens with zero attached hydrogens (tertiary/aromatic N) is 2. The number of nitrogens with one attached hydrogen (secondary N) is 2. The van der Waals surface area contributed by atoms with Gasteiger partial charge in [-0.25, -0.2) is 4.98 Å². The first-order valence-electron chi connectivity index (χ1n) is 11.8. The van der Waals surface area contributed by atoms with Gasteiger partial charge in [0.05, 0.1) is 18.4 Å². The highest BCUT2D eigenvalue weighted by molar-refractivity contribution is 6.03. The lowest BCUT2D eigenvalue weighted by Gasteiger charge is -2.41. The molecule has 0 saturated carbocycles. The van der Waals surface area contributed by atoms with Gasteiger partial charge in [0.2, 0.25) is 0 Å². The van der Waals surface area contributed by atoms with Gasteiger partial charge in [-0.1, -0.05) is 32.9 Å². The molecule has 2 aliphatic rings. The van der Waals surface area contributed by atoms with Crippen LogP contribution in [-0.4, -0.2) is 28.1 Å². The number of imidazole rings is 1. The average molecular weight is 447 g/mol. The van der Waals surface area contributed by atoms with Crippen LogP contribution in [0.4, 0.5) is 5.69 Å². The quantitative estimate of drug-likeness (QED) is 0.605. The van der Waals surface area contributed by atoms with Gasteiger partial charge in [0.25, 0.3) is 5.91 Å². The van der Waals surface area contributed by atoms with Gasteiger partial charge in [-0.05, 0) is 80.1 Å². The van der Waals surface area contributed by atoms with Gasteiger partial charge in [0, 0.05) is 11.3 Å². The van der Waals surface area contributed by atoms with Crippen LogP contribution in [0.15, 0.2) is 30.5 Å². The summed E-state index contributed by atoms with van der Waals surface area (Å²) in [6.45, 7) is 11.2. The molecule has 1 fully saturated rings. The molecule has 3 atom stereocenters. The van der Waals surface area contributed by atoms with Crippen LogP contribution in [0.1, 0.15) is 94.2 Å². The number of nitriles is 1. The van der Waals surface area contributed by atoms with Crippen molar-refractivity contribution in [2.45, 2.75) is 84.3 Å². The van der Waals surface area contributed by atoms with E-state index in [1.54, 1.807) is 0 Å². The summed E-state index contributed by atoms with van der Waals surface area (Å²) in [4.78, 5) is 19.7. The summed E-state index contributed by atoms with van der Waals surface area (Å²) in [6.07, 6.45) is 9.17. The smallest absolute Gasteiger partial charge is 0.291 e. The van der Waals surface area contributed by atoms with Crippen molar-refractivity contribution in [2.24, 2.45) is 5.41 Å². The molecule has 1 aliphatic heterocycles. The zero-order valence-corrected chi connectivity index (χ0v) is 20.3. The fourth-order valence-corrected chi connectivity index (χ4v) is 5.37. The summed E-state index contributed by atoms with van der Waals surface area (Å²) in [7, 11) is 0. The lowest BCUT2D eigenvalue weighted by Crippen LogP contribution is -2.39. The van der Waals surface area contributed by atoms with E-state index in [0.717, 1.165) is 43.4 Å². The maximum Gasteiger partial charge on any atom is 0.291 e. The van der Waals surface area contributed by atoms with Crippen molar-refractivity contribution < 1.29 is 9.53 Å². The number of carbonyl (C=O) groups excluding carboxylic acids is 1. The fourth-order valence-electron chi connectivity index (χ4n) is 5.37. The van der Waals surface area contributed by atoms with Gasteiger partial charge < -0.3 is 15.0 Å². The number of ether oxygens (including phenoxy) is 1. The zero-order chi connectivity index (χ0) is 23.8. The number of amides is 1. The van der Waals surface area contributed by atoms with Gasteiger partial charge in [-0.3, -0.25) is 4.79 Å². The minimum Gasteiger partial charge on any atom is -0.376 e. The van der Waals surface area contributed by atoms with E-state index in [-0.39, 0.29) is 35.0 Å². The van der Waals surface area contributed by atoms with Crippen molar-refractivity contribution in [3.63, 3.8) is 0 Å². The molecule has 1 unspecified atom stereocenters. The lowest BCUT2D eigenvalue weighted by atomic mass is 9.71. The highest BCUT2D eigenvalue weighted by atomic mass is 16.5. The molecule has 1 amide bonds. The van der Waals surface area contributed by atoms with E-state index in [4.69, 9.17) is 10.00 Å². The van der Waals surface area contributed by atoms with Crippen molar-refractivity contribution in [1.82, 2.24) is 9.97 Å². The minimum absolute atomic E-state index is 0.0194. The Morgan fingerprint density at radius 2 is 1.97 bits per heavy atom. The molecule has 2 aromatic rings. The van der Waals surface area contributed by atoms with Gasteiger partial charge in [-0.2, -0.15) is 5.26 Å². The Hall–Kier alpha value is -2.91. The summed E-state index contributed by atoms with van der Waals surface area (Å²) in [5.41, 5.74) is 5.00. The summed E-state index contributed by atoms with van der Waals surface area (Å²) >= 11 is 0. The summed E-state index contributed by atoms with van der Waals surface area (Å²) in [5, 5.41) is 12.1. The molecule has 4 rings (SSSR count). The fraction of sp³-hybridized carbons (Fsp3) is 0.519. The summed E-state index contributed by atoms with van der Waals surface area (Å²) in [5.74, 6) is -0.207. The number of rotatable bonds is 4. The molecule has 0 radical (unpaired) electrons. The third-order valence-corrected chi connectivity index (χ3v) is 7.13. The van der Waals surface area contributed by atoms with Crippen molar-refractivity contribution in [1.29, 1.82) is 5.26 Å². The van der Waals surface area contributed by atoms with Crippen LogP contribution in [0.2, 0.25) is 0 Å². The van der Waals surface area contributed by atoms with Crippen LogP contribution < -0.4 is 5.32 Å². The van der Waals surface area contributed by atoms with Crippen LogP contribution >= 0.6 is 0 Å². The third kappa shape index (κ3) is 5.04. The zero-order valence-electron chi connectivity index (χ0n) is 20.3. The molecule has 1 aromatic heterocycles. The number of benzene rings is 1. The second-order valence-electron chi connectivity index (χ2n) is 10.8. The Bertz CT molecular complexity index is 1110. The number of carbonyl (C=O) groups is 1. The monoisotopic (exact) mass is 446 g/mol. The largest absolute Gasteiger partial charge is 0.376 e. The van der Waals surface area contributed by atoms with E-state index in [1.807, 2.05) is 12.1 Å². The summed E-state index contributed by atoms with van der Waals surface area (Å²) in [6, 6.07) is 8.41. The first-order chi connectivity index (χ1) is 15.6. The van der Waals surface area contributed by atoms with E-state index in [2.05, 4.69) is 68.1 Å². The van der Waals surface area contributed by atoms with Crippen molar-refractivity contribution in [3.8, 4) is 6.07 Å². The second kappa shape index (κ2) is 8.79. The Balaban J connectivity index is 1.71. The number of hydrogen-bond acceptors (Lipinski definition) is 4. The molecule has 6 nitrogen and oxygen atoms in total. The highest BCUT2D eigenvalue weighted by Gasteiger charge is 2.36. The molecule has 0 bridgehead atoms. The van der Waals surface area contributed by atoms with Crippen LogP contribution in [-0.2, 0) is 10.2 Å². The van der Waals surface area contributed by atoms with E-state index in [9.17, 15) is 4.79 Å². The Kier molecular flexibility index (Phi) is 6.20. The molecule has 1 aromatic carbocycles. The lowest BCUT2D eigenvalue weighted by molar-refractivity contribution is -0.0590. The second-order valence-corrected chi connectivity index (χ2v) is 10.8. The Morgan fingerprint density at radius 3 is 2.58 bits per heavy atom. The highest BCUT2D eigenvalue weighted by Crippen LogP contribution is 2.44. The van der Waals surface area contributed by atoms with Crippen molar-refractivity contribution in [3.05, 3.63) is 53.1 Å². The molecule has 1 aliphatic carbocycles. The van der Waals surface area contributed by atoms with Gasteiger partial charge in [0.15, 0.2) is 5.82 Å². The predicted octanol–water partition coefficient (Wildman–Crippen LogP) is 5.97. The number of allylic oxidation sites excluding steroid dienone is 2. The van der Waals surface area contributed by atoms with Crippen molar-refractivity contribution in [2.75, 3.05) is 5.32 Å². The predicted molar refractivity (Wildman–Crippen MR) is 130 cm³/mol. The molecule has 174 valence electrons.